The Hall–Kier alpha value is -1.34. The van der Waals surface area contributed by atoms with Crippen LogP contribution in [0.5, 0.6) is 5.75 Å². The third kappa shape index (κ3) is 2.28. The van der Waals surface area contributed by atoms with Gasteiger partial charge in [-0.3, -0.25) is 4.79 Å². The molecule has 2 N–H and O–H groups in total. The van der Waals surface area contributed by atoms with Gasteiger partial charge in [-0.15, -0.1) is 0 Å². The number of benzene rings is 1. The molecule has 0 aliphatic carbocycles. The van der Waals surface area contributed by atoms with Gasteiger partial charge in [-0.25, -0.2) is 0 Å². The number of hydrogen-bond acceptors (Lipinski definition) is 3. The number of carbonyl (C=O) groups is 1. The van der Waals surface area contributed by atoms with Gasteiger partial charge in [0.1, 0.15) is 11.7 Å². The second kappa shape index (κ2) is 4.84. The van der Waals surface area contributed by atoms with Crippen molar-refractivity contribution < 1.29 is 9.53 Å². The number of amides is 1. The van der Waals surface area contributed by atoms with Gasteiger partial charge >= 0.3 is 0 Å². The summed E-state index contributed by atoms with van der Waals surface area (Å²) in [6.07, 6.45) is 0. The molecule has 3 atom stereocenters. The fourth-order valence-electron chi connectivity index (χ4n) is 2.97. The lowest BCUT2D eigenvalue weighted by atomic mass is 9.79. The Morgan fingerprint density at radius 1 is 1.48 bits per heavy atom. The largest absolute Gasteiger partial charge is 0.467 e. The van der Waals surface area contributed by atoms with Crippen molar-refractivity contribution >= 4 is 39.2 Å². The van der Waals surface area contributed by atoms with Crippen LogP contribution in [0.3, 0.4) is 0 Å². The van der Waals surface area contributed by atoms with Gasteiger partial charge in [-0.05, 0) is 37.3 Å². The highest BCUT2D eigenvalue weighted by atomic mass is 79.9. The molecule has 1 saturated heterocycles. The Morgan fingerprint density at radius 2 is 2.19 bits per heavy atom. The van der Waals surface area contributed by atoms with Crippen molar-refractivity contribution in [2.45, 2.75) is 18.7 Å². The molecule has 3 rings (SSSR count). The monoisotopic (exact) mass is 369 g/mol. The summed E-state index contributed by atoms with van der Waals surface area (Å²) in [5.74, 6) is 0.354. The van der Waals surface area contributed by atoms with Crippen LogP contribution in [0.15, 0.2) is 22.7 Å². The number of nitrogens with zero attached hydrogens (tertiary/aromatic N) is 1. The van der Waals surface area contributed by atoms with Crippen LogP contribution in [0.4, 0.5) is 0 Å². The molecule has 0 spiro atoms. The van der Waals surface area contributed by atoms with E-state index in [1.807, 2.05) is 25.1 Å². The van der Waals surface area contributed by atoms with E-state index in [1.165, 1.54) is 0 Å². The van der Waals surface area contributed by atoms with Gasteiger partial charge < -0.3 is 20.3 Å². The molecule has 1 fully saturated rings. The summed E-state index contributed by atoms with van der Waals surface area (Å²) in [4.78, 5) is 14.2. The molecule has 1 aromatic rings. The summed E-state index contributed by atoms with van der Waals surface area (Å²) in [6.45, 7) is 1.87. The predicted molar refractivity (Wildman–Crippen MR) is 87.0 cm³/mol. The quantitative estimate of drug-likeness (QED) is 0.739. The van der Waals surface area contributed by atoms with Crippen molar-refractivity contribution in [3.8, 4) is 5.75 Å². The molecule has 0 aromatic heterocycles. The van der Waals surface area contributed by atoms with Crippen LogP contribution in [0.2, 0.25) is 0 Å². The van der Waals surface area contributed by atoms with Crippen molar-refractivity contribution in [3.05, 3.63) is 28.2 Å². The lowest BCUT2D eigenvalue weighted by Gasteiger charge is -2.51. The Labute approximate surface area is 137 Å². The summed E-state index contributed by atoms with van der Waals surface area (Å²) in [7, 11) is 3.49. The summed E-state index contributed by atoms with van der Waals surface area (Å²) >= 11 is 8.73. The van der Waals surface area contributed by atoms with E-state index in [4.69, 9.17) is 17.0 Å². The molecule has 7 heteroatoms. The molecule has 5 nitrogen and oxygen atoms in total. The van der Waals surface area contributed by atoms with Crippen molar-refractivity contribution in [1.82, 2.24) is 15.5 Å². The maximum absolute atomic E-state index is 12.6. The average molecular weight is 370 g/mol. The molecule has 1 aromatic carbocycles. The third-order valence-electron chi connectivity index (χ3n) is 3.91. The number of rotatable bonds is 1. The molecule has 21 heavy (non-hydrogen) atoms. The second-order valence-corrected chi connectivity index (χ2v) is 7.00. The number of nitrogens with one attached hydrogen (secondary N) is 2. The van der Waals surface area contributed by atoms with Gasteiger partial charge in [0.15, 0.2) is 10.8 Å². The normalized spacial score (nSPS) is 29.6. The zero-order valence-electron chi connectivity index (χ0n) is 11.9. The fourth-order valence-corrected chi connectivity index (χ4v) is 3.68. The van der Waals surface area contributed by atoms with E-state index in [0.29, 0.717) is 5.11 Å². The highest BCUT2D eigenvalue weighted by molar-refractivity contribution is 9.10. The number of halogens is 1. The van der Waals surface area contributed by atoms with Gasteiger partial charge in [0.2, 0.25) is 5.91 Å². The standard InChI is InChI=1S/C14H16BrN3O2S/c1-14-10(12(19)18(2)3)11(16-13(21)17-14)8-6-7(15)4-5-9(8)20-14/h4-6,10-11H,1-3H3,(H2,16,17,21). The molecule has 112 valence electrons. The summed E-state index contributed by atoms with van der Waals surface area (Å²) in [6, 6.07) is 5.58. The average Bonchev–Trinajstić information content (AvgIpc) is 2.37. The lowest BCUT2D eigenvalue weighted by molar-refractivity contribution is -0.146. The van der Waals surface area contributed by atoms with E-state index in [1.54, 1.807) is 19.0 Å². The first kappa shape index (κ1) is 14.6. The van der Waals surface area contributed by atoms with Gasteiger partial charge in [-0.2, -0.15) is 0 Å². The Kier molecular flexibility index (Phi) is 3.37. The van der Waals surface area contributed by atoms with Crippen LogP contribution >= 0.6 is 28.1 Å². The number of carbonyl (C=O) groups excluding carboxylic acids is 1. The molecule has 1 amide bonds. The van der Waals surface area contributed by atoms with Gasteiger partial charge in [0.05, 0.1) is 6.04 Å². The maximum Gasteiger partial charge on any atom is 0.233 e. The molecule has 2 heterocycles. The van der Waals surface area contributed by atoms with Gasteiger partial charge in [0.25, 0.3) is 0 Å². The summed E-state index contributed by atoms with van der Waals surface area (Å²) < 4.78 is 7.03. The Balaban J connectivity index is 2.15. The van der Waals surface area contributed by atoms with Crippen molar-refractivity contribution in [2.24, 2.45) is 5.92 Å². The van der Waals surface area contributed by atoms with Crippen LogP contribution in [0.1, 0.15) is 18.5 Å². The first-order valence-electron chi connectivity index (χ1n) is 6.60. The predicted octanol–water partition coefficient (Wildman–Crippen LogP) is 1.78. The minimum atomic E-state index is -0.852. The van der Waals surface area contributed by atoms with E-state index in [-0.39, 0.29) is 11.9 Å². The smallest absolute Gasteiger partial charge is 0.233 e. The topological polar surface area (TPSA) is 53.6 Å². The van der Waals surface area contributed by atoms with E-state index in [0.717, 1.165) is 15.8 Å². The first-order chi connectivity index (χ1) is 9.82. The van der Waals surface area contributed by atoms with Gasteiger partial charge in [-0.1, -0.05) is 15.9 Å². The highest BCUT2D eigenvalue weighted by Crippen LogP contribution is 2.46. The molecule has 0 saturated carbocycles. The Morgan fingerprint density at radius 3 is 2.86 bits per heavy atom. The number of thiocarbonyl (C=S) groups is 1. The number of hydrogen-bond donors (Lipinski definition) is 2. The lowest BCUT2D eigenvalue weighted by Crippen LogP contribution is -2.70. The van der Waals surface area contributed by atoms with Crippen molar-refractivity contribution in [2.75, 3.05) is 14.1 Å². The highest BCUT2D eigenvalue weighted by Gasteiger charge is 2.55. The van der Waals surface area contributed by atoms with Crippen LogP contribution < -0.4 is 15.4 Å². The molecular weight excluding hydrogens is 354 g/mol. The van der Waals surface area contributed by atoms with Crippen molar-refractivity contribution in [3.63, 3.8) is 0 Å². The molecule has 0 radical (unpaired) electrons. The summed E-state index contributed by atoms with van der Waals surface area (Å²) in [5.41, 5.74) is 0.0840. The zero-order chi connectivity index (χ0) is 15.4. The number of ether oxygens (including phenoxy) is 1. The fraction of sp³-hybridized carbons (Fsp3) is 0.429. The van der Waals surface area contributed by atoms with Crippen LogP contribution in [-0.2, 0) is 4.79 Å². The minimum absolute atomic E-state index is 0.00405. The van der Waals surface area contributed by atoms with E-state index >= 15 is 0 Å². The third-order valence-corrected chi connectivity index (χ3v) is 4.62. The van der Waals surface area contributed by atoms with Gasteiger partial charge in [0, 0.05) is 24.1 Å². The minimum Gasteiger partial charge on any atom is -0.467 e. The second-order valence-electron chi connectivity index (χ2n) is 5.68. The number of fused-ring (bicyclic) bond motifs is 4. The SMILES string of the molecule is CN(C)C(=O)C1C2NC(=S)NC1(C)Oc1ccc(Br)cc12. The van der Waals surface area contributed by atoms with E-state index in [9.17, 15) is 4.79 Å². The molecule has 2 aliphatic rings. The van der Waals surface area contributed by atoms with Crippen LogP contribution in [0, 0.1) is 5.92 Å². The van der Waals surface area contributed by atoms with E-state index < -0.39 is 11.6 Å². The van der Waals surface area contributed by atoms with Crippen LogP contribution in [-0.4, -0.2) is 35.7 Å². The van der Waals surface area contributed by atoms with Crippen LogP contribution in [0.25, 0.3) is 0 Å². The molecule has 2 aliphatic heterocycles. The van der Waals surface area contributed by atoms with E-state index in [2.05, 4.69) is 26.6 Å². The summed E-state index contributed by atoms with van der Waals surface area (Å²) in [5, 5.41) is 6.81. The van der Waals surface area contributed by atoms with Crippen molar-refractivity contribution in [1.29, 1.82) is 0 Å². The molecular formula is C14H16BrN3O2S. The Bertz CT molecular complexity index is 637. The first-order valence-corrected chi connectivity index (χ1v) is 7.80. The molecule has 2 bridgehead atoms. The molecule has 3 unspecified atom stereocenters. The zero-order valence-corrected chi connectivity index (χ0v) is 14.3. The maximum atomic E-state index is 12.6.